The number of hydrogen-bond acceptors (Lipinski definition) is 0. The first-order valence-corrected chi connectivity index (χ1v) is 4.56. The van der Waals surface area contributed by atoms with Crippen molar-refractivity contribution in [3.63, 3.8) is 0 Å². The van der Waals surface area contributed by atoms with Gasteiger partial charge in [0.2, 0.25) is 0 Å². The summed E-state index contributed by atoms with van der Waals surface area (Å²) in [5.74, 6) is 0. The molecule has 0 spiro atoms. The molecule has 0 nitrogen and oxygen atoms in total. The molecule has 0 bridgehead atoms. The molecule has 1 rings (SSSR count). The molecular formula is C21H52. The van der Waals surface area contributed by atoms with Crippen LogP contribution in [0.3, 0.4) is 0 Å². The van der Waals surface area contributed by atoms with Crippen LogP contribution in [0.2, 0.25) is 0 Å². The monoisotopic (exact) mass is 304 g/mol. The Morgan fingerprint density at radius 3 is 0.524 bits per heavy atom. The fourth-order valence-corrected chi connectivity index (χ4v) is 0.427. The fourth-order valence-electron chi connectivity index (χ4n) is 0.427. The van der Waals surface area contributed by atoms with Crippen molar-refractivity contribution < 1.29 is 0 Å². The Hall–Kier alpha value is -1.56. The van der Waals surface area contributed by atoms with Crippen LogP contribution < -0.4 is 0 Å². The molecule has 0 aromatic carbocycles. The first kappa shape index (κ1) is 92.8. The van der Waals surface area contributed by atoms with Crippen molar-refractivity contribution >= 4 is 0 Å². The summed E-state index contributed by atoms with van der Waals surface area (Å²) >= 11 is 0. The highest BCUT2D eigenvalue weighted by atomic mass is 14.1. The third-order valence-electron chi connectivity index (χ3n) is 1.06. The van der Waals surface area contributed by atoms with Crippen molar-refractivity contribution in [3.05, 3.63) is 77.9 Å². The molecule has 0 amide bonds. The Balaban J connectivity index is -0.00000000640. The zero-order chi connectivity index (χ0) is 13.7. The van der Waals surface area contributed by atoms with Crippen LogP contribution in [0.15, 0.2) is 77.9 Å². The molecule has 0 atom stereocenters. The lowest BCUT2D eigenvalue weighted by Crippen LogP contribution is -1.92. The van der Waals surface area contributed by atoms with Gasteiger partial charge in [0.15, 0.2) is 0 Å². The third kappa shape index (κ3) is 253. The first-order chi connectivity index (χ1) is 7.39. The Morgan fingerprint density at radius 1 is 0.429 bits per heavy atom. The predicted molar refractivity (Wildman–Crippen MR) is 120 cm³/mol. The van der Waals surface area contributed by atoms with Gasteiger partial charge in [0.25, 0.3) is 0 Å². The average Bonchev–Trinajstić information content (AvgIpc) is 2.39. The summed E-state index contributed by atoms with van der Waals surface area (Å²) < 4.78 is 0. The molecule has 0 heterocycles. The van der Waals surface area contributed by atoms with Gasteiger partial charge in [-0.05, 0) is 19.3 Å². The van der Waals surface area contributed by atoms with Crippen LogP contribution in [0, 0.1) is 0 Å². The standard InChI is InChI=1S/C5H8.5C2H4.6CH4/c1-5-3-2-4-5;5*1-2;;;;;;/h1-4H2;5*1-2H2;6*1H4. The lowest BCUT2D eigenvalue weighted by Gasteiger charge is -2.11. The summed E-state index contributed by atoms with van der Waals surface area (Å²) in [4.78, 5) is 0. The van der Waals surface area contributed by atoms with Crippen LogP contribution in [0.25, 0.3) is 0 Å². The molecule has 136 valence electrons. The maximum atomic E-state index is 3.76. The van der Waals surface area contributed by atoms with Gasteiger partial charge in [0, 0.05) is 0 Å². The second-order valence-corrected chi connectivity index (χ2v) is 1.60. The maximum Gasteiger partial charge on any atom is -0.0320 e. The van der Waals surface area contributed by atoms with E-state index < -0.39 is 0 Å². The molecular weight excluding hydrogens is 252 g/mol. The van der Waals surface area contributed by atoms with E-state index >= 15 is 0 Å². The second-order valence-electron chi connectivity index (χ2n) is 1.60. The third-order valence-corrected chi connectivity index (χ3v) is 1.06. The quantitative estimate of drug-likeness (QED) is 0.391. The van der Waals surface area contributed by atoms with Gasteiger partial charge in [0.1, 0.15) is 0 Å². The molecule has 0 saturated heterocycles. The SMILES string of the molecule is C.C.C.C.C.C.C=C.C=C.C=C.C=C.C=C.C=C1CCC1. The van der Waals surface area contributed by atoms with Crippen molar-refractivity contribution in [1.82, 2.24) is 0 Å². The summed E-state index contributed by atoms with van der Waals surface area (Å²) in [6, 6.07) is 0. The molecule has 0 aromatic rings. The molecule has 0 N–H and O–H groups in total. The molecule has 1 aliphatic rings. The average molecular weight is 305 g/mol. The molecule has 1 saturated carbocycles. The molecule has 0 radical (unpaired) electrons. The molecule has 1 fully saturated rings. The lowest BCUT2D eigenvalue weighted by atomic mass is 9.95. The molecule has 0 aliphatic heterocycles. The highest BCUT2D eigenvalue weighted by Gasteiger charge is 2.02. The van der Waals surface area contributed by atoms with Gasteiger partial charge < -0.3 is 0 Å². The fraction of sp³-hybridized carbons (Fsp3) is 0.429. The minimum absolute atomic E-state index is 0. The molecule has 1 aliphatic carbocycles. The van der Waals surface area contributed by atoms with Crippen molar-refractivity contribution in [1.29, 1.82) is 0 Å². The summed E-state index contributed by atoms with van der Waals surface area (Å²) in [5, 5.41) is 0. The van der Waals surface area contributed by atoms with Gasteiger partial charge in [-0.25, -0.2) is 0 Å². The summed E-state index contributed by atoms with van der Waals surface area (Å²) in [7, 11) is 0. The molecule has 0 heteroatoms. The minimum Gasteiger partial charge on any atom is -0.106 e. The number of hydrogen-bond donors (Lipinski definition) is 0. The van der Waals surface area contributed by atoms with Gasteiger partial charge in [-0.15, -0.1) is 65.8 Å². The Kier molecular flexibility index (Phi) is 1260. The van der Waals surface area contributed by atoms with Crippen LogP contribution in [0.5, 0.6) is 0 Å². The summed E-state index contributed by atoms with van der Waals surface area (Å²) in [6.07, 6.45) is 3.97. The summed E-state index contributed by atoms with van der Waals surface area (Å²) in [6.45, 7) is 33.8. The molecule has 21 heavy (non-hydrogen) atoms. The van der Waals surface area contributed by atoms with E-state index in [0.29, 0.717) is 0 Å². The lowest BCUT2D eigenvalue weighted by molar-refractivity contribution is 0.667. The zero-order valence-corrected chi connectivity index (χ0v) is 10.4. The Morgan fingerprint density at radius 2 is 0.524 bits per heavy atom. The largest absolute Gasteiger partial charge is 0.106 e. The molecule has 0 aromatic heterocycles. The van der Waals surface area contributed by atoms with Crippen molar-refractivity contribution in [2.75, 3.05) is 0 Å². The van der Waals surface area contributed by atoms with Crippen LogP contribution in [0.4, 0.5) is 0 Å². The maximum absolute atomic E-state index is 3.76. The second kappa shape index (κ2) is 285. The number of rotatable bonds is 0. The van der Waals surface area contributed by atoms with E-state index in [0.717, 1.165) is 0 Å². The smallest absolute Gasteiger partial charge is 0.0320 e. The van der Waals surface area contributed by atoms with Crippen LogP contribution >= 0.6 is 0 Å². The van der Waals surface area contributed by atoms with E-state index in [1.54, 1.807) is 0 Å². The van der Waals surface area contributed by atoms with Gasteiger partial charge in [-0.1, -0.05) is 56.7 Å². The van der Waals surface area contributed by atoms with Crippen LogP contribution in [-0.2, 0) is 0 Å². The Bertz CT molecular complexity index is 85.0. The number of allylic oxidation sites excluding steroid dienone is 1. The van der Waals surface area contributed by atoms with Crippen molar-refractivity contribution in [3.8, 4) is 0 Å². The van der Waals surface area contributed by atoms with Crippen LogP contribution in [0.1, 0.15) is 63.8 Å². The van der Waals surface area contributed by atoms with Crippen molar-refractivity contribution in [2.24, 2.45) is 0 Å². The zero-order valence-electron chi connectivity index (χ0n) is 10.4. The van der Waals surface area contributed by atoms with Gasteiger partial charge >= 0.3 is 0 Å². The highest BCUT2D eigenvalue weighted by Crippen LogP contribution is 2.21. The first-order valence-electron chi connectivity index (χ1n) is 4.56. The van der Waals surface area contributed by atoms with Gasteiger partial charge in [-0.3, -0.25) is 0 Å². The highest BCUT2D eigenvalue weighted by molar-refractivity contribution is 5.01. The van der Waals surface area contributed by atoms with Gasteiger partial charge in [-0.2, -0.15) is 0 Å². The van der Waals surface area contributed by atoms with E-state index in [9.17, 15) is 0 Å². The van der Waals surface area contributed by atoms with E-state index in [1.807, 2.05) is 0 Å². The van der Waals surface area contributed by atoms with E-state index in [4.69, 9.17) is 0 Å². The van der Waals surface area contributed by atoms with Crippen LogP contribution in [-0.4, -0.2) is 0 Å². The van der Waals surface area contributed by atoms with E-state index in [1.165, 1.54) is 24.8 Å². The predicted octanol–water partition coefficient (Wildman–Crippen LogP) is 9.55. The summed E-state index contributed by atoms with van der Waals surface area (Å²) in [5.41, 5.74) is 1.44. The molecule has 0 unspecified atom stereocenters. The van der Waals surface area contributed by atoms with Crippen molar-refractivity contribution in [2.45, 2.75) is 63.8 Å². The minimum atomic E-state index is 0. The van der Waals surface area contributed by atoms with E-state index in [-0.39, 0.29) is 44.6 Å². The van der Waals surface area contributed by atoms with E-state index in [2.05, 4.69) is 72.4 Å². The Labute approximate surface area is 142 Å². The topological polar surface area (TPSA) is 0 Å². The normalized spacial score (nSPS) is 6.19. The van der Waals surface area contributed by atoms with Gasteiger partial charge in [0.05, 0.1) is 0 Å².